The van der Waals surface area contributed by atoms with Crippen LogP contribution in [0.15, 0.2) is 9.51 Å². The van der Waals surface area contributed by atoms with Crippen LogP contribution < -0.4 is 0 Å². The average Bonchev–Trinajstić information content (AvgIpc) is 1.92. The van der Waals surface area contributed by atoms with Gasteiger partial charge in [0.05, 0.1) is 0 Å². The van der Waals surface area contributed by atoms with Crippen molar-refractivity contribution >= 4 is 27.5 Å². The Morgan fingerprint density at radius 2 is 1.60 bits per heavy atom. The van der Waals surface area contributed by atoms with Gasteiger partial charge in [-0.15, -0.1) is 0 Å². The van der Waals surface area contributed by atoms with Gasteiger partial charge in [-0.3, -0.25) is 0 Å². The van der Waals surface area contributed by atoms with Crippen molar-refractivity contribution in [3.63, 3.8) is 0 Å². The molecule has 0 bridgehead atoms. The quantitative estimate of drug-likeness (QED) is 0.578. The van der Waals surface area contributed by atoms with Crippen molar-refractivity contribution in [2.45, 2.75) is 38.5 Å². The molecule has 0 spiro atoms. The lowest BCUT2D eigenvalue weighted by Crippen LogP contribution is -1.87. The number of rotatable bonds is 0. The van der Waals surface area contributed by atoms with Crippen LogP contribution in [0, 0.1) is 0 Å². The van der Waals surface area contributed by atoms with E-state index in [1.54, 1.807) is 0 Å². The van der Waals surface area contributed by atoms with E-state index in [0.717, 1.165) is 17.9 Å². The first-order chi connectivity index (χ1) is 4.80. The first kappa shape index (κ1) is 8.61. The largest absolute Gasteiger partial charge is 0.0883 e. The maximum Gasteiger partial charge on any atom is 0.0282 e. The number of allylic oxidation sites excluding steroid dienone is 2. The molecular weight excluding hydrogens is 211 g/mol. The molecule has 0 atom stereocenters. The van der Waals surface area contributed by atoms with Gasteiger partial charge in [0, 0.05) is 9.51 Å². The number of halogens is 2. The van der Waals surface area contributed by atoms with Crippen LogP contribution in [0.25, 0.3) is 0 Å². The molecule has 1 aliphatic carbocycles. The predicted octanol–water partition coefficient (Wildman–Crippen LogP) is 4.19. The molecule has 0 saturated carbocycles. The van der Waals surface area contributed by atoms with Gasteiger partial charge < -0.3 is 0 Å². The Hall–Kier alpha value is 0.510. The van der Waals surface area contributed by atoms with Crippen molar-refractivity contribution < 1.29 is 0 Å². The molecule has 0 nitrogen and oxygen atoms in total. The Labute approximate surface area is 75.8 Å². The molecule has 58 valence electrons. The molecule has 1 aliphatic rings. The van der Waals surface area contributed by atoms with Gasteiger partial charge in [-0.05, 0) is 25.7 Å². The fourth-order valence-corrected chi connectivity index (χ4v) is 1.89. The summed E-state index contributed by atoms with van der Waals surface area (Å²) in [7, 11) is 0. The summed E-state index contributed by atoms with van der Waals surface area (Å²) < 4.78 is 1.23. The highest BCUT2D eigenvalue weighted by molar-refractivity contribution is 9.11. The minimum absolute atomic E-state index is 1.04. The first-order valence-corrected chi connectivity index (χ1v) is 5.01. The van der Waals surface area contributed by atoms with E-state index in [1.807, 2.05) is 0 Å². The molecule has 0 aliphatic heterocycles. The lowest BCUT2D eigenvalue weighted by atomic mass is 10.1. The summed E-state index contributed by atoms with van der Waals surface area (Å²) in [6.45, 7) is 0. The van der Waals surface area contributed by atoms with Gasteiger partial charge in [0.25, 0.3) is 0 Å². The van der Waals surface area contributed by atoms with Crippen LogP contribution in [-0.2, 0) is 0 Å². The SMILES string of the molecule is ClC1=C(Br)CCCCCC1. The van der Waals surface area contributed by atoms with E-state index in [1.165, 1.54) is 30.2 Å². The monoisotopic (exact) mass is 222 g/mol. The third-order valence-corrected chi connectivity index (χ3v) is 3.36. The highest BCUT2D eigenvalue weighted by atomic mass is 79.9. The zero-order valence-corrected chi connectivity index (χ0v) is 8.34. The van der Waals surface area contributed by atoms with E-state index >= 15 is 0 Å². The van der Waals surface area contributed by atoms with Crippen LogP contribution in [0.3, 0.4) is 0 Å². The molecule has 1 rings (SSSR count). The Balaban J connectivity index is 2.51. The van der Waals surface area contributed by atoms with E-state index in [0.29, 0.717) is 0 Å². The zero-order chi connectivity index (χ0) is 7.40. The van der Waals surface area contributed by atoms with Gasteiger partial charge in [0.15, 0.2) is 0 Å². The summed E-state index contributed by atoms with van der Waals surface area (Å²) in [5.41, 5.74) is 0. The minimum atomic E-state index is 1.04. The Bertz CT molecular complexity index is 124. The van der Waals surface area contributed by atoms with E-state index < -0.39 is 0 Å². The molecular formula is C8H12BrCl. The molecule has 0 radical (unpaired) electrons. The molecule has 2 heteroatoms. The van der Waals surface area contributed by atoms with Crippen molar-refractivity contribution in [1.29, 1.82) is 0 Å². The number of hydrogen-bond donors (Lipinski definition) is 0. The Morgan fingerprint density at radius 3 is 2.30 bits per heavy atom. The molecule has 0 aromatic rings. The highest BCUT2D eigenvalue weighted by Gasteiger charge is 2.04. The second kappa shape index (κ2) is 4.40. The van der Waals surface area contributed by atoms with Crippen molar-refractivity contribution in [2.75, 3.05) is 0 Å². The van der Waals surface area contributed by atoms with E-state index in [2.05, 4.69) is 15.9 Å². The van der Waals surface area contributed by atoms with Gasteiger partial charge >= 0.3 is 0 Å². The van der Waals surface area contributed by atoms with Crippen LogP contribution in [0.2, 0.25) is 0 Å². The molecule has 0 aromatic carbocycles. The summed E-state index contributed by atoms with van der Waals surface area (Å²) in [6, 6.07) is 0. The van der Waals surface area contributed by atoms with Crippen molar-refractivity contribution in [3.8, 4) is 0 Å². The third-order valence-electron chi connectivity index (χ3n) is 1.84. The molecule has 0 saturated heterocycles. The number of hydrogen-bond acceptors (Lipinski definition) is 0. The second-order valence-corrected chi connectivity index (χ2v) is 4.14. The van der Waals surface area contributed by atoms with Gasteiger partial charge in [-0.2, -0.15) is 0 Å². The van der Waals surface area contributed by atoms with Gasteiger partial charge in [-0.1, -0.05) is 40.4 Å². The summed E-state index contributed by atoms with van der Waals surface area (Å²) in [5, 5.41) is 1.04. The van der Waals surface area contributed by atoms with Gasteiger partial charge in [0.1, 0.15) is 0 Å². The molecule has 0 aromatic heterocycles. The Morgan fingerprint density at radius 1 is 1.00 bits per heavy atom. The lowest BCUT2D eigenvalue weighted by Gasteiger charge is -2.08. The lowest BCUT2D eigenvalue weighted by molar-refractivity contribution is 0.632. The molecule has 10 heavy (non-hydrogen) atoms. The summed E-state index contributed by atoms with van der Waals surface area (Å²) >= 11 is 9.46. The maximum atomic E-state index is 5.98. The molecule has 0 unspecified atom stereocenters. The maximum absolute atomic E-state index is 5.98. The zero-order valence-electron chi connectivity index (χ0n) is 6.00. The summed E-state index contributed by atoms with van der Waals surface area (Å²) in [6.07, 6.45) is 7.46. The van der Waals surface area contributed by atoms with Crippen LogP contribution >= 0.6 is 27.5 Å². The van der Waals surface area contributed by atoms with E-state index in [9.17, 15) is 0 Å². The normalized spacial score (nSPS) is 22.2. The highest BCUT2D eigenvalue weighted by Crippen LogP contribution is 2.28. The Kier molecular flexibility index (Phi) is 3.79. The van der Waals surface area contributed by atoms with Crippen LogP contribution in [0.1, 0.15) is 38.5 Å². The third kappa shape index (κ3) is 2.63. The standard InChI is InChI=1S/C8H12BrCl/c9-7-5-3-1-2-4-6-8(7)10/h1-6H2. The van der Waals surface area contributed by atoms with Gasteiger partial charge in [-0.25, -0.2) is 0 Å². The van der Waals surface area contributed by atoms with E-state index in [4.69, 9.17) is 11.6 Å². The predicted molar refractivity (Wildman–Crippen MR) is 49.5 cm³/mol. The first-order valence-electron chi connectivity index (χ1n) is 3.84. The molecule has 0 heterocycles. The average molecular weight is 224 g/mol. The summed E-state index contributed by atoms with van der Waals surface area (Å²) in [4.78, 5) is 0. The minimum Gasteiger partial charge on any atom is -0.0883 e. The van der Waals surface area contributed by atoms with Crippen LogP contribution in [0.5, 0.6) is 0 Å². The van der Waals surface area contributed by atoms with Crippen molar-refractivity contribution in [3.05, 3.63) is 9.51 Å². The fraction of sp³-hybridized carbons (Fsp3) is 0.750. The van der Waals surface area contributed by atoms with Crippen LogP contribution in [-0.4, -0.2) is 0 Å². The topological polar surface area (TPSA) is 0 Å². The second-order valence-electron chi connectivity index (χ2n) is 2.72. The van der Waals surface area contributed by atoms with E-state index in [-0.39, 0.29) is 0 Å². The van der Waals surface area contributed by atoms with Crippen molar-refractivity contribution in [2.24, 2.45) is 0 Å². The molecule has 0 amide bonds. The molecule has 0 N–H and O–H groups in total. The van der Waals surface area contributed by atoms with Crippen molar-refractivity contribution in [1.82, 2.24) is 0 Å². The van der Waals surface area contributed by atoms with Gasteiger partial charge in [0.2, 0.25) is 0 Å². The molecule has 0 fully saturated rings. The van der Waals surface area contributed by atoms with Crippen LogP contribution in [0.4, 0.5) is 0 Å². The smallest absolute Gasteiger partial charge is 0.0282 e. The fourth-order valence-electron chi connectivity index (χ4n) is 1.19. The summed E-state index contributed by atoms with van der Waals surface area (Å²) in [5.74, 6) is 0.